The van der Waals surface area contributed by atoms with Crippen LogP contribution >= 0.6 is 12.4 Å². The van der Waals surface area contributed by atoms with Crippen molar-refractivity contribution in [1.82, 2.24) is 5.32 Å². The molecule has 1 aromatic rings. The molecular weight excluding hydrogens is 174 g/mol. The molecule has 2 rings (SSSR count). The number of hydrogen-bond acceptors (Lipinski definition) is 2. The van der Waals surface area contributed by atoms with Crippen LogP contribution in [0.3, 0.4) is 0 Å². The molecule has 1 saturated heterocycles. The van der Waals surface area contributed by atoms with E-state index in [1.54, 1.807) is 0 Å². The fourth-order valence-electron chi connectivity index (χ4n) is 1.27. The Hall–Kier alpha value is -0.570. The van der Waals surface area contributed by atoms with E-state index in [2.05, 4.69) is 17.4 Å². The summed E-state index contributed by atoms with van der Waals surface area (Å²) in [5, 5.41) is 3.25. The molecule has 1 aliphatic rings. The van der Waals surface area contributed by atoms with Crippen molar-refractivity contribution in [3.8, 4) is 0 Å². The Labute approximate surface area is 78.3 Å². The lowest BCUT2D eigenvalue weighted by atomic mass is 10.2. The average Bonchev–Trinajstić information content (AvgIpc) is 2.58. The van der Waals surface area contributed by atoms with E-state index >= 15 is 0 Å². The van der Waals surface area contributed by atoms with Gasteiger partial charge in [-0.15, -0.1) is 12.4 Å². The van der Waals surface area contributed by atoms with Crippen LogP contribution < -0.4 is 5.32 Å². The lowest BCUT2D eigenvalue weighted by Gasteiger charge is -2.08. The minimum atomic E-state index is 0. The molecule has 0 bridgehead atoms. The molecule has 1 fully saturated rings. The molecule has 1 heterocycles. The Morgan fingerprint density at radius 1 is 1.25 bits per heavy atom. The van der Waals surface area contributed by atoms with E-state index < -0.39 is 0 Å². The van der Waals surface area contributed by atoms with Crippen LogP contribution in [-0.4, -0.2) is 13.2 Å². The summed E-state index contributed by atoms with van der Waals surface area (Å²) in [6, 6.07) is 10.2. The molecule has 66 valence electrons. The van der Waals surface area contributed by atoms with E-state index in [0.717, 1.165) is 13.2 Å². The number of nitrogens with one attached hydrogen (secondary N) is 1. The van der Waals surface area contributed by atoms with Crippen LogP contribution in [0, 0.1) is 0 Å². The molecule has 1 aliphatic heterocycles. The van der Waals surface area contributed by atoms with Crippen molar-refractivity contribution < 1.29 is 4.74 Å². The molecule has 12 heavy (non-hydrogen) atoms. The predicted octanol–water partition coefficient (Wildman–Crippen LogP) is 1.73. The quantitative estimate of drug-likeness (QED) is 0.720. The van der Waals surface area contributed by atoms with Gasteiger partial charge in [-0.05, 0) is 5.56 Å². The summed E-state index contributed by atoms with van der Waals surface area (Å²) in [5.74, 6) is 0. The smallest absolute Gasteiger partial charge is 0.134 e. The SMILES string of the molecule is Cl.c1ccc(C2NCCO2)cc1. The third-order valence-electron chi connectivity index (χ3n) is 1.82. The van der Waals surface area contributed by atoms with Crippen molar-refractivity contribution in [2.45, 2.75) is 6.23 Å². The van der Waals surface area contributed by atoms with Crippen LogP contribution in [0.15, 0.2) is 30.3 Å². The molecule has 3 heteroatoms. The summed E-state index contributed by atoms with van der Waals surface area (Å²) in [5.41, 5.74) is 1.21. The highest BCUT2D eigenvalue weighted by atomic mass is 35.5. The maximum Gasteiger partial charge on any atom is 0.134 e. The molecule has 1 unspecified atom stereocenters. The predicted molar refractivity (Wildman–Crippen MR) is 50.4 cm³/mol. The first-order chi connectivity index (χ1) is 5.47. The second-order valence-electron chi connectivity index (χ2n) is 2.62. The van der Waals surface area contributed by atoms with Gasteiger partial charge in [0.2, 0.25) is 0 Å². The first kappa shape index (κ1) is 9.52. The average molecular weight is 186 g/mol. The van der Waals surface area contributed by atoms with E-state index in [-0.39, 0.29) is 18.6 Å². The third kappa shape index (κ3) is 1.97. The monoisotopic (exact) mass is 185 g/mol. The largest absolute Gasteiger partial charge is 0.358 e. The van der Waals surface area contributed by atoms with Gasteiger partial charge in [-0.25, -0.2) is 0 Å². The van der Waals surface area contributed by atoms with Crippen molar-refractivity contribution in [2.24, 2.45) is 0 Å². The van der Waals surface area contributed by atoms with E-state index in [4.69, 9.17) is 4.74 Å². The molecule has 1 aromatic carbocycles. The summed E-state index contributed by atoms with van der Waals surface area (Å²) in [6.07, 6.45) is 0.121. The van der Waals surface area contributed by atoms with Gasteiger partial charge in [0, 0.05) is 6.54 Å². The Morgan fingerprint density at radius 3 is 2.58 bits per heavy atom. The van der Waals surface area contributed by atoms with Gasteiger partial charge < -0.3 is 4.74 Å². The maximum absolute atomic E-state index is 5.43. The number of hydrogen-bond donors (Lipinski definition) is 1. The third-order valence-corrected chi connectivity index (χ3v) is 1.82. The summed E-state index contributed by atoms with van der Waals surface area (Å²) in [6.45, 7) is 1.78. The van der Waals surface area contributed by atoms with Gasteiger partial charge >= 0.3 is 0 Å². The highest BCUT2D eigenvalue weighted by Gasteiger charge is 2.15. The van der Waals surface area contributed by atoms with Gasteiger partial charge in [-0.1, -0.05) is 30.3 Å². The van der Waals surface area contributed by atoms with Crippen molar-refractivity contribution >= 4 is 12.4 Å². The van der Waals surface area contributed by atoms with Crippen molar-refractivity contribution in [2.75, 3.05) is 13.2 Å². The summed E-state index contributed by atoms with van der Waals surface area (Å²) >= 11 is 0. The molecule has 0 aromatic heterocycles. The van der Waals surface area contributed by atoms with Gasteiger partial charge in [0.05, 0.1) is 6.61 Å². The van der Waals surface area contributed by atoms with Crippen LogP contribution in [0.5, 0.6) is 0 Å². The first-order valence-electron chi connectivity index (χ1n) is 3.87. The molecular formula is C9H12ClNO. The number of rotatable bonds is 1. The molecule has 1 N–H and O–H groups in total. The van der Waals surface area contributed by atoms with Gasteiger partial charge in [0.15, 0.2) is 0 Å². The van der Waals surface area contributed by atoms with Crippen molar-refractivity contribution in [3.63, 3.8) is 0 Å². The van der Waals surface area contributed by atoms with Crippen LogP contribution in [0.25, 0.3) is 0 Å². The minimum Gasteiger partial charge on any atom is -0.358 e. The summed E-state index contributed by atoms with van der Waals surface area (Å²) in [7, 11) is 0. The molecule has 0 amide bonds. The standard InChI is InChI=1S/C9H11NO.ClH/c1-2-4-8(5-3-1)9-10-6-7-11-9;/h1-5,9-10H,6-7H2;1H. The first-order valence-corrected chi connectivity index (χ1v) is 3.87. The fraction of sp³-hybridized carbons (Fsp3) is 0.333. The van der Waals surface area contributed by atoms with Gasteiger partial charge in [-0.3, -0.25) is 5.32 Å². The van der Waals surface area contributed by atoms with Crippen LogP contribution in [0.2, 0.25) is 0 Å². The lowest BCUT2D eigenvalue weighted by Crippen LogP contribution is -2.13. The van der Waals surface area contributed by atoms with Crippen LogP contribution in [0.4, 0.5) is 0 Å². The Morgan fingerprint density at radius 2 is 2.00 bits per heavy atom. The maximum atomic E-state index is 5.43. The van der Waals surface area contributed by atoms with Crippen molar-refractivity contribution in [3.05, 3.63) is 35.9 Å². The Bertz CT molecular complexity index is 221. The number of benzene rings is 1. The zero-order valence-electron chi connectivity index (χ0n) is 6.69. The van der Waals surface area contributed by atoms with E-state index in [9.17, 15) is 0 Å². The molecule has 0 saturated carbocycles. The normalized spacial score (nSPS) is 21.8. The van der Waals surface area contributed by atoms with Crippen LogP contribution in [0.1, 0.15) is 11.8 Å². The Kier molecular flexibility index (Phi) is 3.53. The molecule has 0 aliphatic carbocycles. The second kappa shape index (κ2) is 4.45. The second-order valence-corrected chi connectivity index (χ2v) is 2.62. The van der Waals surface area contributed by atoms with Gasteiger partial charge in [-0.2, -0.15) is 0 Å². The van der Waals surface area contributed by atoms with Gasteiger partial charge in [0.25, 0.3) is 0 Å². The highest BCUT2D eigenvalue weighted by Crippen LogP contribution is 2.16. The molecule has 2 nitrogen and oxygen atoms in total. The molecule has 0 radical (unpaired) electrons. The summed E-state index contributed by atoms with van der Waals surface area (Å²) in [4.78, 5) is 0. The van der Waals surface area contributed by atoms with E-state index in [1.165, 1.54) is 5.56 Å². The minimum absolute atomic E-state index is 0. The van der Waals surface area contributed by atoms with Gasteiger partial charge in [0.1, 0.15) is 6.23 Å². The summed E-state index contributed by atoms with van der Waals surface area (Å²) < 4.78 is 5.43. The van der Waals surface area contributed by atoms with Crippen molar-refractivity contribution in [1.29, 1.82) is 0 Å². The fourth-order valence-corrected chi connectivity index (χ4v) is 1.27. The zero-order chi connectivity index (χ0) is 7.52. The topological polar surface area (TPSA) is 21.3 Å². The molecule has 0 spiro atoms. The lowest BCUT2D eigenvalue weighted by molar-refractivity contribution is 0.102. The number of ether oxygens (including phenoxy) is 1. The molecule has 1 atom stereocenters. The zero-order valence-corrected chi connectivity index (χ0v) is 7.51. The van der Waals surface area contributed by atoms with E-state index in [1.807, 2.05) is 18.2 Å². The highest BCUT2D eigenvalue weighted by molar-refractivity contribution is 5.85. The van der Waals surface area contributed by atoms with Crippen LogP contribution in [-0.2, 0) is 4.74 Å². The Balaban J connectivity index is 0.000000720. The van der Waals surface area contributed by atoms with E-state index in [0.29, 0.717) is 0 Å². The number of halogens is 1.